The topological polar surface area (TPSA) is 78.5 Å². The number of hydrogen-bond acceptors (Lipinski definition) is 4. The molecule has 0 radical (unpaired) electrons. The molecule has 3 amide bonds. The van der Waals surface area contributed by atoms with Gasteiger partial charge in [-0.25, -0.2) is 0 Å². The van der Waals surface area contributed by atoms with Crippen LogP contribution >= 0.6 is 11.8 Å². The minimum absolute atomic E-state index is 0.0828. The van der Waals surface area contributed by atoms with Crippen molar-refractivity contribution < 1.29 is 14.4 Å². The minimum Gasteiger partial charge on any atom is -0.321 e. The molecule has 0 saturated carbocycles. The zero-order valence-electron chi connectivity index (χ0n) is 21.9. The number of para-hydroxylation sites is 1. The Morgan fingerprint density at radius 3 is 2.23 bits per heavy atom. The molecule has 0 bridgehead atoms. The van der Waals surface area contributed by atoms with Gasteiger partial charge in [-0.05, 0) is 72.5 Å². The summed E-state index contributed by atoms with van der Waals surface area (Å²) in [7, 11) is 0. The molecule has 0 aliphatic carbocycles. The van der Waals surface area contributed by atoms with E-state index in [9.17, 15) is 14.4 Å². The van der Waals surface area contributed by atoms with Crippen molar-refractivity contribution in [1.29, 1.82) is 0 Å². The largest absolute Gasteiger partial charge is 0.321 e. The molecule has 0 aromatic heterocycles. The summed E-state index contributed by atoms with van der Waals surface area (Å²) in [6.07, 6.45) is 3.61. The lowest BCUT2D eigenvalue weighted by atomic mass is 10.0. The van der Waals surface area contributed by atoms with Crippen LogP contribution in [0.15, 0.2) is 120 Å². The molecule has 4 aromatic carbocycles. The molecule has 40 heavy (non-hydrogen) atoms. The first-order valence-electron chi connectivity index (χ1n) is 13.1. The summed E-state index contributed by atoms with van der Waals surface area (Å²) in [6.45, 7) is 0.737. The Morgan fingerprint density at radius 2 is 1.48 bits per heavy atom. The van der Waals surface area contributed by atoms with Crippen LogP contribution in [0.2, 0.25) is 0 Å². The number of hydrogen-bond donors (Lipinski definition) is 2. The average molecular weight is 548 g/mol. The summed E-state index contributed by atoms with van der Waals surface area (Å²) >= 11 is 1.47. The van der Waals surface area contributed by atoms with Crippen LogP contribution in [0.1, 0.15) is 27.9 Å². The van der Waals surface area contributed by atoms with Crippen molar-refractivity contribution in [3.05, 3.63) is 132 Å². The van der Waals surface area contributed by atoms with E-state index >= 15 is 0 Å². The summed E-state index contributed by atoms with van der Waals surface area (Å²) < 4.78 is 0. The highest BCUT2D eigenvalue weighted by Gasteiger charge is 2.22. The van der Waals surface area contributed by atoms with Crippen LogP contribution in [-0.4, -0.2) is 30.0 Å². The highest BCUT2D eigenvalue weighted by atomic mass is 32.2. The highest BCUT2D eigenvalue weighted by molar-refractivity contribution is 8.00. The van der Waals surface area contributed by atoms with E-state index in [0.29, 0.717) is 17.0 Å². The van der Waals surface area contributed by atoms with Crippen LogP contribution in [0.4, 0.5) is 11.4 Å². The smallest absolute Gasteiger partial charge is 0.272 e. The zero-order chi connectivity index (χ0) is 27.7. The van der Waals surface area contributed by atoms with Crippen molar-refractivity contribution in [2.75, 3.05) is 22.5 Å². The first-order chi connectivity index (χ1) is 19.6. The molecule has 5 rings (SSSR count). The Hall–Kier alpha value is -4.62. The second kappa shape index (κ2) is 13.0. The Labute approximate surface area is 238 Å². The van der Waals surface area contributed by atoms with Crippen molar-refractivity contribution in [3.63, 3.8) is 0 Å². The number of benzene rings is 4. The van der Waals surface area contributed by atoms with E-state index < -0.39 is 5.91 Å². The van der Waals surface area contributed by atoms with Gasteiger partial charge in [0.05, 0.1) is 5.75 Å². The van der Waals surface area contributed by atoms with Crippen LogP contribution in [0.3, 0.4) is 0 Å². The third kappa shape index (κ3) is 6.87. The maximum atomic E-state index is 13.2. The van der Waals surface area contributed by atoms with E-state index in [2.05, 4.69) is 16.7 Å². The summed E-state index contributed by atoms with van der Waals surface area (Å²) in [4.78, 5) is 41.8. The third-order valence-corrected chi connectivity index (χ3v) is 7.52. The van der Waals surface area contributed by atoms with Gasteiger partial charge in [-0.15, -0.1) is 11.8 Å². The van der Waals surface area contributed by atoms with Crippen molar-refractivity contribution in [1.82, 2.24) is 5.32 Å². The number of carbonyl (C=O) groups excluding carboxylic acids is 3. The second-order valence-corrected chi connectivity index (χ2v) is 10.4. The first-order valence-corrected chi connectivity index (χ1v) is 14.1. The number of nitrogens with one attached hydrogen (secondary N) is 2. The predicted molar refractivity (Wildman–Crippen MR) is 161 cm³/mol. The maximum absolute atomic E-state index is 13.2. The summed E-state index contributed by atoms with van der Waals surface area (Å²) in [5, 5.41) is 5.62. The van der Waals surface area contributed by atoms with Crippen LogP contribution in [0.5, 0.6) is 0 Å². The lowest BCUT2D eigenvalue weighted by Gasteiger charge is -2.29. The van der Waals surface area contributed by atoms with E-state index in [1.165, 1.54) is 17.3 Å². The van der Waals surface area contributed by atoms with Gasteiger partial charge in [0, 0.05) is 28.4 Å². The fraction of sp³-hybridized carbons (Fsp3) is 0.121. The van der Waals surface area contributed by atoms with Crippen molar-refractivity contribution in [3.8, 4) is 0 Å². The number of aryl methyl sites for hydroxylation is 1. The van der Waals surface area contributed by atoms with Crippen LogP contribution in [0.25, 0.3) is 6.08 Å². The number of rotatable bonds is 8. The molecule has 1 aliphatic rings. The quantitative estimate of drug-likeness (QED) is 0.204. The van der Waals surface area contributed by atoms with Crippen LogP contribution < -0.4 is 15.5 Å². The van der Waals surface area contributed by atoms with E-state index in [-0.39, 0.29) is 17.5 Å². The van der Waals surface area contributed by atoms with E-state index in [1.807, 2.05) is 71.6 Å². The van der Waals surface area contributed by atoms with Gasteiger partial charge in [0.1, 0.15) is 5.70 Å². The first kappa shape index (κ1) is 27.0. The number of amides is 3. The molecule has 0 spiro atoms. The minimum atomic E-state index is -0.438. The van der Waals surface area contributed by atoms with Gasteiger partial charge in [0.25, 0.3) is 11.8 Å². The van der Waals surface area contributed by atoms with Gasteiger partial charge in [0.2, 0.25) is 5.91 Å². The third-order valence-electron chi connectivity index (χ3n) is 6.53. The lowest BCUT2D eigenvalue weighted by molar-refractivity contribution is -0.116. The molecule has 2 N–H and O–H groups in total. The van der Waals surface area contributed by atoms with E-state index in [4.69, 9.17) is 0 Å². The Morgan fingerprint density at radius 1 is 0.800 bits per heavy atom. The molecular weight excluding hydrogens is 518 g/mol. The van der Waals surface area contributed by atoms with Gasteiger partial charge < -0.3 is 15.5 Å². The fourth-order valence-corrected chi connectivity index (χ4v) is 5.28. The Bertz CT molecular complexity index is 1520. The number of thioether (sulfide) groups is 1. The SMILES string of the molecule is O=C(Nc1ccc(SCC(=O)N2CCCc3ccccc32)cc1)/C(=C/c1ccccc1)NC(=O)c1ccccc1. The zero-order valence-corrected chi connectivity index (χ0v) is 22.7. The molecule has 0 atom stereocenters. The highest BCUT2D eigenvalue weighted by Crippen LogP contribution is 2.28. The van der Waals surface area contributed by atoms with Crippen molar-refractivity contribution in [2.45, 2.75) is 17.7 Å². The predicted octanol–water partition coefficient (Wildman–Crippen LogP) is 6.17. The molecule has 0 saturated heterocycles. The molecule has 4 aromatic rings. The molecule has 200 valence electrons. The summed E-state index contributed by atoms with van der Waals surface area (Å²) in [5.74, 6) is -0.396. The molecule has 0 fully saturated rings. The van der Waals surface area contributed by atoms with E-state index in [0.717, 1.165) is 35.5 Å². The Balaban J connectivity index is 1.23. The lowest BCUT2D eigenvalue weighted by Crippen LogP contribution is -2.36. The van der Waals surface area contributed by atoms with Crippen LogP contribution in [0, 0.1) is 0 Å². The fourth-order valence-electron chi connectivity index (χ4n) is 4.51. The van der Waals surface area contributed by atoms with Gasteiger partial charge in [-0.1, -0.05) is 66.7 Å². The molecule has 0 unspecified atom stereocenters. The standard InChI is InChI=1S/C33H29N3O3S/c37-31(36-21-9-15-25-12-7-8-16-30(25)36)23-40-28-19-17-27(18-20-28)34-33(39)29(22-24-10-3-1-4-11-24)35-32(38)26-13-5-2-6-14-26/h1-8,10-14,16-20,22H,9,15,21,23H2,(H,34,39)(H,35,38)/b29-22-. The molecule has 1 heterocycles. The average Bonchev–Trinajstić information content (AvgIpc) is 3.01. The number of nitrogens with zero attached hydrogens (tertiary/aromatic N) is 1. The summed E-state index contributed by atoms with van der Waals surface area (Å²) in [5.41, 5.74) is 4.18. The number of anilines is 2. The van der Waals surface area contributed by atoms with E-state index in [1.54, 1.807) is 42.5 Å². The van der Waals surface area contributed by atoms with Gasteiger partial charge in [-0.2, -0.15) is 0 Å². The normalized spacial score (nSPS) is 12.8. The van der Waals surface area contributed by atoms with Gasteiger partial charge in [0.15, 0.2) is 0 Å². The maximum Gasteiger partial charge on any atom is 0.272 e. The van der Waals surface area contributed by atoms with Crippen molar-refractivity contribution >= 4 is 46.9 Å². The van der Waals surface area contributed by atoms with Gasteiger partial charge >= 0.3 is 0 Å². The Kier molecular flexibility index (Phi) is 8.73. The van der Waals surface area contributed by atoms with Crippen LogP contribution in [-0.2, 0) is 16.0 Å². The molecular formula is C33H29N3O3S. The molecule has 7 heteroatoms. The second-order valence-electron chi connectivity index (χ2n) is 9.33. The monoisotopic (exact) mass is 547 g/mol. The van der Waals surface area contributed by atoms with Crippen molar-refractivity contribution in [2.24, 2.45) is 0 Å². The van der Waals surface area contributed by atoms with Gasteiger partial charge in [-0.3, -0.25) is 14.4 Å². The molecule has 1 aliphatic heterocycles. The molecule has 6 nitrogen and oxygen atoms in total. The summed E-state index contributed by atoms with van der Waals surface area (Å²) in [6, 6.07) is 33.5. The number of carbonyl (C=O) groups is 3. The number of fused-ring (bicyclic) bond motifs is 1.